The lowest BCUT2D eigenvalue weighted by atomic mass is 10.1. The molecule has 1 aromatic carbocycles. The first-order valence-corrected chi connectivity index (χ1v) is 6.38. The quantitative estimate of drug-likeness (QED) is 0.800. The summed E-state index contributed by atoms with van der Waals surface area (Å²) in [5.41, 5.74) is 8.24. The molecule has 4 heteroatoms. The fourth-order valence-electron chi connectivity index (χ4n) is 2.05. The number of nitrogens with two attached hydrogens (primary N) is 1. The van der Waals surface area contributed by atoms with E-state index in [-0.39, 0.29) is 11.9 Å². The first-order valence-electron chi connectivity index (χ1n) is 6.38. The number of hydrogen-bond donors (Lipinski definition) is 2. The van der Waals surface area contributed by atoms with Crippen molar-refractivity contribution in [3.05, 3.63) is 23.8 Å². The van der Waals surface area contributed by atoms with Crippen molar-refractivity contribution in [3.63, 3.8) is 0 Å². The summed E-state index contributed by atoms with van der Waals surface area (Å²) in [6.45, 7) is 3.89. The molecular formula is C14H21N3O. The van der Waals surface area contributed by atoms with Crippen molar-refractivity contribution in [2.24, 2.45) is 0 Å². The van der Waals surface area contributed by atoms with Gasteiger partial charge in [0, 0.05) is 17.4 Å². The van der Waals surface area contributed by atoms with E-state index < -0.39 is 0 Å². The molecule has 2 rings (SSSR count). The third-order valence-corrected chi connectivity index (χ3v) is 3.62. The number of nitrogens with one attached hydrogen (secondary N) is 1. The van der Waals surface area contributed by atoms with E-state index in [9.17, 15) is 4.79 Å². The SMILES string of the molecule is Cc1cc(N)ccc1NC(=O)C(C)N(C)C1CC1. The molecule has 1 atom stereocenters. The first kappa shape index (κ1) is 12.9. The van der Waals surface area contributed by atoms with Crippen LogP contribution in [0, 0.1) is 6.92 Å². The lowest BCUT2D eigenvalue weighted by Gasteiger charge is -2.23. The molecule has 0 spiro atoms. The molecule has 1 aromatic rings. The maximum absolute atomic E-state index is 12.1. The molecule has 0 aliphatic heterocycles. The zero-order valence-electron chi connectivity index (χ0n) is 11.2. The molecule has 0 saturated heterocycles. The number of hydrogen-bond acceptors (Lipinski definition) is 3. The number of amides is 1. The molecule has 1 fully saturated rings. The standard InChI is InChI=1S/C14H21N3O/c1-9-8-11(15)4-7-13(9)16-14(18)10(2)17(3)12-5-6-12/h4,7-8,10,12H,5-6,15H2,1-3H3,(H,16,18). The molecule has 1 saturated carbocycles. The van der Waals surface area contributed by atoms with Gasteiger partial charge in [0.15, 0.2) is 0 Å². The van der Waals surface area contributed by atoms with Gasteiger partial charge in [0.2, 0.25) is 5.91 Å². The Morgan fingerprint density at radius 3 is 2.72 bits per heavy atom. The Kier molecular flexibility index (Phi) is 3.57. The Bertz CT molecular complexity index is 454. The Morgan fingerprint density at radius 1 is 1.50 bits per heavy atom. The summed E-state index contributed by atoms with van der Waals surface area (Å²) >= 11 is 0. The van der Waals surface area contributed by atoms with Crippen molar-refractivity contribution in [1.82, 2.24) is 4.90 Å². The molecular weight excluding hydrogens is 226 g/mol. The van der Waals surface area contributed by atoms with E-state index in [0.717, 1.165) is 11.3 Å². The van der Waals surface area contributed by atoms with Gasteiger partial charge in [0.25, 0.3) is 0 Å². The summed E-state index contributed by atoms with van der Waals surface area (Å²) in [4.78, 5) is 14.3. The average Bonchev–Trinajstić information content (AvgIpc) is 3.14. The summed E-state index contributed by atoms with van der Waals surface area (Å²) in [6, 6.07) is 6.00. The highest BCUT2D eigenvalue weighted by atomic mass is 16.2. The van der Waals surface area contributed by atoms with Crippen LogP contribution < -0.4 is 11.1 Å². The second-order valence-corrected chi connectivity index (χ2v) is 5.14. The lowest BCUT2D eigenvalue weighted by Crippen LogP contribution is -2.40. The number of nitrogen functional groups attached to an aromatic ring is 1. The van der Waals surface area contributed by atoms with Crippen LogP contribution in [0.4, 0.5) is 11.4 Å². The molecule has 18 heavy (non-hydrogen) atoms. The fraction of sp³-hybridized carbons (Fsp3) is 0.500. The predicted octanol–water partition coefficient (Wildman–Crippen LogP) is 2.00. The molecule has 98 valence electrons. The minimum Gasteiger partial charge on any atom is -0.399 e. The van der Waals surface area contributed by atoms with Crippen molar-refractivity contribution < 1.29 is 4.79 Å². The van der Waals surface area contributed by atoms with Crippen LogP contribution in [0.1, 0.15) is 25.3 Å². The molecule has 1 amide bonds. The van der Waals surface area contributed by atoms with E-state index in [0.29, 0.717) is 11.7 Å². The Labute approximate surface area is 108 Å². The van der Waals surface area contributed by atoms with Crippen LogP contribution in [0.3, 0.4) is 0 Å². The smallest absolute Gasteiger partial charge is 0.241 e. The number of anilines is 2. The summed E-state index contributed by atoms with van der Waals surface area (Å²) in [7, 11) is 2.01. The number of benzene rings is 1. The minimum absolute atomic E-state index is 0.0391. The average molecular weight is 247 g/mol. The largest absolute Gasteiger partial charge is 0.399 e. The summed E-state index contributed by atoms with van der Waals surface area (Å²) < 4.78 is 0. The molecule has 0 aromatic heterocycles. The summed E-state index contributed by atoms with van der Waals surface area (Å²) in [5.74, 6) is 0.0391. The highest BCUT2D eigenvalue weighted by Crippen LogP contribution is 2.27. The first-order chi connectivity index (χ1) is 8.49. The van der Waals surface area contributed by atoms with Crippen LogP contribution in [0.2, 0.25) is 0 Å². The van der Waals surface area contributed by atoms with Gasteiger partial charge in [-0.05, 0) is 57.5 Å². The number of likely N-dealkylation sites (N-methyl/N-ethyl adjacent to an activating group) is 1. The molecule has 3 N–H and O–H groups in total. The van der Waals surface area contributed by atoms with Crippen LogP contribution in [0.15, 0.2) is 18.2 Å². The van der Waals surface area contributed by atoms with Gasteiger partial charge in [-0.1, -0.05) is 0 Å². The number of carbonyl (C=O) groups excluding carboxylic acids is 1. The molecule has 1 unspecified atom stereocenters. The van der Waals surface area contributed by atoms with E-state index in [2.05, 4.69) is 10.2 Å². The monoisotopic (exact) mass is 247 g/mol. The molecule has 0 bridgehead atoms. The van der Waals surface area contributed by atoms with E-state index >= 15 is 0 Å². The Balaban J connectivity index is 2.01. The van der Waals surface area contributed by atoms with Crippen LogP contribution >= 0.6 is 0 Å². The number of rotatable bonds is 4. The van der Waals surface area contributed by atoms with Gasteiger partial charge >= 0.3 is 0 Å². The third-order valence-electron chi connectivity index (χ3n) is 3.62. The van der Waals surface area contributed by atoms with E-state index in [1.807, 2.05) is 33.0 Å². The van der Waals surface area contributed by atoms with Crippen molar-refractivity contribution in [2.75, 3.05) is 18.1 Å². The van der Waals surface area contributed by atoms with Gasteiger partial charge in [0.1, 0.15) is 0 Å². The highest BCUT2D eigenvalue weighted by molar-refractivity contribution is 5.95. The topological polar surface area (TPSA) is 58.4 Å². The number of carbonyl (C=O) groups is 1. The highest BCUT2D eigenvalue weighted by Gasteiger charge is 2.32. The second-order valence-electron chi connectivity index (χ2n) is 5.14. The normalized spacial score (nSPS) is 16.7. The van der Waals surface area contributed by atoms with Gasteiger partial charge in [-0.3, -0.25) is 9.69 Å². The van der Waals surface area contributed by atoms with Crippen molar-refractivity contribution in [1.29, 1.82) is 0 Å². The molecule has 1 aliphatic carbocycles. The van der Waals surface area contributed by atoms with Gasteiger partial charge in [0.05, 0.1) is 6.04 Å². The molecule has 4 nitrogen and oxygen atoms in total. The zero-order valence-corrected chi connectivity index (χ0v) is 11.2. The Hall–Kier alpha value is -1.55. The number of nitrogens with zero attached hydrogens (tertiary/aromatic N) is 1. The third kappa shape index (κ3) is 2.82. The molecule has 1 aliphatic rings. The maximum atomic E-state index is 12.1. The van der Waals surface area contributed by atoms with Gasteiger partial charge in [-0.2, -0.15) is 0 Å². The second kappa shape index (κ2) is 4.98. The lowest BCUT2D eigenvalue weighted by molar-refractivity contribution is -0.120. The summed E-state index contributed by atoms with van der Waals surface area (Å²) in [5, 5.41) is 2.96. The van der Waals surface area contributed by atoms with E-state index in [1.165, 1.54) is 12.8 Å². The van der Waals surface area contributed by atoms with Crippen molar-refractivity contribution >= 4 is 17.3 Å². The zero-order chi connectivity index (χ0) is 13.3. The molecule has 0 heterocycles. The predicted molar refractivity (Wildman–Crippen MR) is 74.5 cm³/mol. The van der Waals surface area contributed by atoms with Crippen LogP contribution in [0.25, 0.3) is 0 Å². The van der Waals surface area contributed by atoms with E-state index in [1.54, 1.807) is 6.07 Å². The number of aryl methyl sites for hydroxylation is 1. The van der Waals surface area contributed by atoms with Crippen molar-refractivity contribution in [3.8, 4) is 0 Å². The Morgan fingerprint density at radius 2 is 2.17 bits per heavy atom. The molecule has 0 radical (unpaired) electrons. The van der Waals surface area contributed by atoms with Crippen LogP contribution in [-0.4, -0.2) is 29.9 Å². The van der Waals surface area contributed by atoms with Gasteiger partial charge in [-0.15, -0.1) is 0 Å². The minimum atomic E-state index is -0.102. The van der Waals surface area contributed by atoms with Crippen LogP contribution in [0.5, 0.6) is 0 Å². The van der Waals surface area contributed by atoms with Gasteiger partial charge in [-0.25, -0.2) is 0 Å². The fourth-order valence-corrected chi connectivity index (χ4v) is 2.05. The van der Waals surface area contributed by atoms with E-state index in [4.69, 9.17) is 5.73 Å². The summed E-state index contributed by atoms with van der Waals surface area (Å²) in [6.07, 6.45) is 2.41. The van der Waals surface area contributed by atoms with Crippen LogP contribution in [-0.2, 0) is 4.79 Å². The van der Waals surface area contributed by atoms with Crippen molar-refractivity contribution in [2.45, 2.75) is 38.8 Å². The van der Waals surface area contributed by atoms with Gasteiger partial charge < -0.3 is 11.1 Å². The maximum Gasteiger partial charge on any atom is 0.241 e.